The van der Waals surface area contributed by atoms with Gasteiger partial charge in [-0.05, 0) is 19.1 Å². The molecule has 26 heavy (non-hydrogen) atoms. The molecule has 0 aliphatic carbocycles. The second-order valence-corrected chi connectivity index (χ2v) is 8.04. The number of para-hydroxylation sites is 1. The molecule has 0 unspecified atom stereocenters. The fourth-order valence-corrected chi connectivity index (χ4v) is 2.39. The summed E-state index contributed by atoms with van der Waals surface area (Å²) in [6.07, 6.45) is -0.957. The summed E-state index contributed by atoms with van der Waals surface area (Å²) < 4.78 is 6.14. The SMILES string of the molecule is Cc1c(N(C)C)c(=O)n(-c2ccccc2)n1C.NC(=O)OCC(Cl)(Cl)Cl. The summed E-state index contributed by atoms with van der Waals surface area (Å²) in [4.78, 5) is 24.1. The van der Waals surface area contributed by atoms with Gasteiger partial charge in [0.2, 0.25) is 3.79 Å². The van der Waals surface area contributed by atoms with Crippen LogP contribution < -0.4 is 16.2 Å². The number of nitrogens with two attached hydrogens (primary N) is 1. The lowest BCUT2D eigenvalue weighted by Crippen LogP contribution is -2.23. The topological polar surface area (TPSA) is 82.5 Å². The van der Waals surface area contributed by atoms with Gasteiger partial charge in [0.1, 0.15) is 12.3 Å². The van der Waals surface area contributed by atoms with E-state index in [0.717, 1.165) is 17.1 Å². The highest BCUT2D eigenvalue weighted by atomic mass is 35.6. The summed E-state index contributed by atoms with van der Waals surface area (Å²) in [6.45, 7) is 1.63. The minimum Gasteiger partial charge on any atom is -0.445 e. The molecule has 2 aromatic rings. The number of carbonyl (C=O) groups is 1. The number of aromatic nitrogens is 2. The first-order chi connectivity index (χ1) is 12.0. The minimum atomic E-state index is -1.57. The van der Waals surface area contributed by atoms with Gasteiger partial charge in [-0.1, -0.05) is 53.0 Å². The predicted molar refractivity (Wildman–Crippen MR) is 106 cm³/mol. The molecule has 1 heterocycles. The predicted octanol–water partition coefficient (Wildman–Crippen LogP) is 3.00. The van der Waals surface area contributed by atoms with Crippen molar-refractivity contribution in [3.8, 4) is 5.69 Å². The van der Waals surface area contributed by atoms with Gasteiger partial charge in [-0.2, -0.15) is 0 Å². The molecule has 1 aromatic heterocycles. The van der Waals surface area contributed by atoms with Crippen LogP contribution >= 0.6 is 34.8 Å². The standard InChI is InChI=1S/C13H17N3O.C3H4Cl3NO2/c1-10-12(14(2)3)13(17)16(15(10)4)11-8-6-5-7-9-11;4-3(5,6)1-9-2(7)8/h5-9H,1-4H3;1H2,(H2,7,8). The van der Waals surface area contributed by atoms with Crippen molar-refractivity contribution < 1.29 is 9.53 Å². The molecule has 10 heteroatoms. The van der Waals surface area contributed by atoms with Gasteiger partial charge in [-0.15, -0.1) is 0 Å². The minimum absolute atomic E-state index is 0.0150. The van der Waals surface area contributed by atoms with Crippen LogP contribution in [0.2, 0.25) is 0 Å². The third-order valence-corrected chi connectivity index (χ3v) is 3.68. The molecule has 0 radical (unpaired) electrons. The van der Waals surface area contributed by atoms with Gasteiger partial charge in [0.25, 0.3) is 5.56 Å². The molecule has 2 N–H and O–H groups in total. The number of benzene rings is 1. The van der Waals surface area contributed by atoms with Crippen molar-refractivity contribution in [2.75, 3.05) is 25.6 Å². The summed E-state index contributed by atoms with van der Waals surface area (Å²) in [5.74, 6) is 0. The van der Waals surface area contributed by atoms with E-state index in [1.807, 2.05) is 68.0 Å². The lowest BCUT2D eigenvalue weighted by atomic mass is 10.3. The van der Waals surface area contributed by atoms with E-state index in [4.69, 9.17) is 34.8 Å². The molecular weight excluding hydrogens is 403 g/mol. The van der Waals surface area contributed by atoms with Gasteiger partial charge < -0.3 is 15.4 Å². The molecule has 0 aliphatic rings. The molecule has 0 aliphatic heterocycles. The molecule has 1 amide bonds. The highest BCUT2D eigenvalue weighted by Crippen LogP contribution is 2.25. The highest BCUT2D eigenvalue weighted by Gasteiger charge is 2.21. The molecule has 0 spiro atoms. The van der Waals surface area contributed by atoms with E-state index < -0.39 is 9.89 Å². The zero-order valence-corrected chi connectivity index (χ0v) is 17.1. The molecule has 7 nitrogen and oxygen atoms in total. The number of hydrogen-bond donors (Lipinski definition) is 1. The number of carbonyl (C=O) groups excluding carboxylic acids is 1. The van der Waals surface area contributed by atoms with Crippen molar-refractivity contribution in [1.29, 1.82) is 0 Å². The molecule has 0 saturated heterocycles. The summed E-state index contributed by atoms with van der Waals surface area (Å²) in [5.41, 5.74) is 7.16. The van der Waals surface area contributed by atoms with Crippen molar-refractivity contribution in [3.63, 3.8) is 0 Å². The third-order valence-electron chi connectivity index (χ3n) is 3.35. The smallest absolute Gasteiger partial charge is 0.404 e. The maximum Gasteiger partial charge on any atom is 0.404 e. The first-order valence-corrected chi connectivity index (χ1v) is 8.59. The number of anilines is 1. The molecule has 0 bridgehead atoms. The van der Waals surface area contributed by atoms with Gasteiger partial charge in [0.15, 0.2) is 0 Å². The Bertz CT molecular complexity index is 796. The normalized spacial score (nSPS) is 10.7. The molecule has 1 aromatic carbocycles. The molecule has 0 saturated carbocycles. The number of ether oxygens (including phenoxy) is 1. The van der Waals surface area contributed by atoms with Gasteiger partial charge in [0, 0.05) is 21.1 Å². The molecule has 0 fully saturated rings. The second-order valence-electron chi connectivity index (χ2n) is 5.53. The Morgan fingerprint density at radius 1 is 1.23 bits per heavy atom. The van der Waals surface area contributed by atoms with Gasteiger partial charge in [-0.25, -0.2) is 9.48 Å². The number of hydrogen-bond acceptors (Lipinski definition) is 4. The Labute approximate surface area is 166 Å². The van der Waals surface area contributed by atoms with Crippen molar-refractivity contribution in [2.24, 2.45) is 12.8 Å². The number of primary amides is 1. The Kier molecular flexibility index (Phi) is 7.87. The van der Waals surface area contributed by atoms with Crippen molar-refractivity contribution in [1.82, 2.24) is 9.36 Å². The lowest BCUT2D eigenvalue weighted by Gasteiger charge is -2.09. The number of alkyl halides is 3. The first-order valence-electron chi connectivity index (χ1n) is 7.46. The number of amides is 1. The average Bonchev–Trinajstić information content (AvgIpc) is 2.76. The van der Waals surface area contributed by atoms with Crippen LogP contribution in [0.4, 0.5) is 10.5 Å². The summed E-state index contributed by atoms with van der Waals surface area (Å²) in [6, 6.07) is 9.66. The number of nitrogens with zero attached hydrogens (tertiary/aromatic N) is 3. The van der Waals surface area contributed by atoms with Crippen LogP contribution in [0.3, 0.4) is 0 Å². The van der Waals surface area contributed by atoms with Crippen LogP contribution in [-0.4, -0.2) is 40.0 Å². The summed E-state index contributed by atoms with van der Waals surface area (Å²) in [5, 5.41) is 0. The number of rotatable bonds is 3. The summed E-state index contributed by atoms with van der Waals surface area (Å²) >= 11 is 15.5. The fraction of sp³-hybridized carbons (Fsp3) is 0.375. The monoisotopic (exact) mass is 422 g/mol. The van der Waals surface area contributed by atoms with Gasteiger partial charge >= 0.3 is 6.09 Å². The van der Waals surface area contributed by atoms with Crippen LogP contribution in [-0.2, 0) is 11.8 Å². The van der Waals surface area contributed by atoms with Crippen LogP contribution in [0.5, 0.6) is 0 Å². The maximum atomic E-state index is 12.4. The quantitative estimate of drug-likeness (QED) is 0.769. The van der Waals surface area contributed by atoms with Gasteiger partial charge in [0.05, 0.1) is 11.4 Å². The van der Waals surface area contributed by atoms with Crippen LogP contribution in [0.25, 0.3) is 5.69 Å². The third kappa shape index (κ3) is 6.16. The fourth-order valence-electron chi connectivity index (χ4n) is 2.22. The Hall–Kier alpha value is -1.83. The first kappa shape index (κ1) is 22.2. The average molecular weight is 424 g/mol. The van der Waals surface area contributed by atoms with Crippen molar-refractivity contribution >= 4 is 46.6 Å². The van der Waals surface area contributed by atoms with Crippen molar-refractivity contribution in [3.05, 3.63) is 46.4 Å². The summed E-state index contributed by atoms with van der Waals surface area (Å²) in [7, 11) is 5.68. The zero-order valence-electron chi connectivity index (χ0n) is 14.9. The van der Waals surface area contributed by atoms with E-state index in [1.54, 1.807) is 4.68 Å². The molecule has 144 valence electrons. The molecular formula is C16H21Cl3N4O3. The Morgan fingerprint density at radius 2 is 1.77 bits per heavy atom. The van der Waals surface area contributed by atoms with E-state index in [-0.39, 0.29) is 12.2 Å². The molecule has 2 rings (SSSR count). The maximum absolute atomic E-state index is 12.4. The van der Waals surface area contributed by atoms with Crippen molar-refractivity contribution in [2.45, 2.75) is 10.7 Å². The Morgan fingerprint density at radius 3 is 2.12 bits per heavy atom. The largest absolute Gasteiger partial charge is 0.445 e. The van der Waals surface area contributed by atoms with E-state index >= 15 is 0 Å². The Balaban J connectivity index is 0.000000321. The second kappa shape index (κ2) is 9.21. The lowest BCUT2D eigenvalue weighted by molar-refractivity contribution is 0.159. The van der Waals surface area contributed by atoms with E-state index in [0.29, 0.717) is 0 Å². The van der Waals surface area contributed by atoms with Crippen LogP contribution in [0.1, 0.15) is 5.69 Å². The van der Waals surface area contributed by atoms with E-state index in [1.165, 1.54) is 0 Å². The zero-order chi connectivity index (χ0) is 20.1. The van der Waals surface area contributed by atoms with Crippen LogP contribution in [0.15, 0.2) is 35.1 Å². The van der Waals surface area contributed by atoms with Gasteiger partial charge in [-0.3, -0.25) is 9.48 Å². The molecule has 0 atom stereocenters. The van der Waals surface area contributed by atoms with Crippen LogP contribution in [0, 0.1) is 6.92 Å². The number of halogens is 3. The van der Waals surface area contributed by atoms with E-state index in [2.05, 4.69) is 10.5 Å². The highest BCUT2D eigenvalue weighted by molar-refractivity contribution is 6.67. The van der Waals surface area contributed by atoms with E-state index in [9.17, 15) is 9.59 Å².